The van der Waals surface area contributed by atoms with E-state index < -0.39 is 0 Å². The number of hydrogen-bond donors (Lipinski definition) is 1. The van der Waals surface area contributed by atoms with Crippen molar-refractivity contribution in [3.63, 3.8) is 0 Å². The Labute approximate surface area is 443 Å². The summed E-state index contributed by atoms with van der Waals surface area (Å²) in [5.74, 6) is 2.05. The van der Waals surface area contributed by atoms with Gasteiger partial charge in [-0.2, -0.15) is 9.97 Å². The van der Waals surface area contributed by atoms with Gasteiger partial charge in [0.25, 0.3) is 0 Å². The van der Waals surface area contributed by atoms with Crippen molar-refractivity contribution in [3.05, 3.63) is 272 Å². The molecule has 77 heavy (non-hydrogen) atoms. The highest BCUT2D eigenvalue weighted by atomic mass is 15.3. The summed E-state index contributed by atoms with van der Waals surface area (Å²) >= 11 is 0. The van der Waals surface area contributed by atoms with Crippen molar-refractivity contribution in [1.82, 2.24) is 28.7 Å². The van der Waals surface area contributed by atoms with Crippen LogP contribution in [-0.4, -0.2) is 34.6 Å². The summed E-state index contributed by atoms with van der Waals surface area (Å²) in [6.07, 6.45) is 8.42. The third kappa shape index (κ3) is 6.80. The fourth-order valence-electron chi connectivity index (χ4n) is 12.2. The van der Waals surface area contributed by atoms with Gasteiger partial charge in [0.05, 0.1) is 50.7 Å². The maximum Gasteiger partial charge on any atom is 0.238 e. The Bertz CT molecular complexity index is 4530. The Morgan fingerprint density at radius 2 is 1.05 bits per heavy atom. The van der Waals surface area contributed by atoms with Gasteiger partial charge in [-0.1, -0.05) is 213 Å². The Balaban J connectivity index is 1.04. The lowest BCUT2D eigenvalue weighted by Crippen LogP contribution is -2.27. The maximum atomic E-state index is 7.40. The smallest absolute Gasteiger partial charge is 0.238 e. The van der Waals surface area contributed by atoms with Gasteiger partial charge in [0, 0.05) is 66.5 Å². The van der Waals surface area contributed by atoms with E-state index in [4.69, 9.17) is 25.7 Å². The first-order valence-electron chi connectivity index (χ1n) is 26.0. The van der Waals surface area contributed by atoms with E-state index in [0.717, 1.165) is 99.5 Å². The van der Waals surface area contributed by atoms with Crippen LogP contribution >= 0.6 is 0 Å². The summed E-state index contributed by atoms with van der Waals surface area (Å²) in [4.78, 5) is 23.7. The van der Waals surface area contributed by atoms with Crippen LogP contribution in [0.4, 0.5) is 11.4 Å². The molecule has 1 aliphatic heterocycles. The number of para-hydroxylation sites is 4. The molecule has 2 atom stereocenters. The molecule has 364 valence electrons. The Morgan fingerprint density at radius 3 is 1.71 bits per heavy atom. The highest BCUT2D eigenvalue weighted by Crippen LogP contribution is 2.60. The predicted octanol–water partition coefficient (Wildman–Crippen LogP) is 15.7. The number of benzene rings is 9. The standard InChI is InChI=1S/C68H47N9/c1-2-22-56(43-23-8-3-9-24-43)70-67(69)76-57-35-20-18-33-48(57)50-37-39-54-52-41-42-53-55-40-38-51-49-34-19-21-36-58(49)77(68-72-65(44-25-10-4-11-26-44)71-66(73-68)45-27-12-5-13-28-45)64(51)62(55)75(47-31-16-7-17-32-47)60(53)59(52)74(61(54)63(50)76)46-29-14-6-15-30-46/h2-42,55,62H,1H2,(H2,69,70)/b56-22-. The number of aromatic nitrogens is 6. The van der Waals surface area contributed by atoms with Gasteiger partial charge in [-0.15, -0.1) is 0 Å². The van der Waals surface area contributed by atoms with Crippen molar-refractivity contribution >= 4 is 83.6 Å². The zero-order valence-corrected chi connectivity index (χ0v) is 41.7. The van der Waals surface area contributed by atoms with Crippen LogP contribution in [0.25, 0.3) is 101 Å². The number of anilines is 2. The van der Waals surface area contributed by atoms with Crippen molar-refractivity contribution in [2.24, 2.45) is 10.7 Å². The molecule has 9 aromatic carbocycles. The van der Waals surface area contributed by atoms with Crippen LogP contribution in [0, 0.1) is 0 Å². The van der Waals surface area contributed by atoms with Crippen molar-refractivity contribution in [1.29, 1.82) is 0 Å². The zero-order chi connectivity index (χ0) is 51.1. The third-order valence-corrected chi connectivity index (χ3v) is 15.4. The monoisotopic (exact) mass is 989 g/mol. The largest absolute Gasteiger partial charge is 0.369 e. The second-order valence-corrected chi connectivity index (χ2v) is 19.6. The van der Waals surface area contributed by atoms with Gasteiger partial charge in [-0.05, 0) is 48.0 Å². The molecule has 2 N–H and O–H groups in total. The average Bonchev–Trinajstić information content (AvgIpc) is 4.44. The third-order valence-electron chi connectivity index (χ3n) is 15.4. The van der Waals surface area contributed by atoms with Crippen molar-refractivity contribution in [3.8, 4) is 34.4 Å². The zero-order valence-electron chi connectivity index (χ0n) is 41.7. The van der Waals surface area contributed by atoms with Gasteiger partial charge < -0.3 is 15.2 Å². The van der Waals surface area contributed by atoms with Crippen LogP contribution < -0.4 is 10.6 Å². The molecule has 0 amide bonds. The van der Waals surface area contributed by atoms with Crippen molar-refractivity contribution < 1.29 is 0 Å². The highest BCUT2D eigenvalue weighted by Gasteiger charge is 2.46. The van der Waals surface area contributed by atoms with E-state index in [1.165, 1.54) is 5.56 Å². The van der Waals surface area contributed by atoms with Crippen molar-refractivity contribution in [2.75, 3.05) is 4.90 Å². The number of fused-ring (bicyclic) bond motifs is 15. The van der Waals surface area contributed by atoms with Gasteiger partial charge in [0.15, 0.2) is 11.6 Å². The molecule has 5 heterocycles. The Kier molecular flexibility index (Phi) is 10.1. The second kappa shape index (κ2) is 17.6. The predicted molar refractivity (Wildman–Crippen MR) is 316 cm³/mol. The first kappa shape index (κ1) is 44.1. The minimum atomic E-state index is -0.230. The molecule has 0 saturated heterocycles. The molecule has 1 aliphatic carbocycles. The van der Waals surface area contributed by atoms with Crippen LogP contribution in [0.2, 0.25) is 0 Å². The number of allylic oxidation sites excluding steroid dienone is 2. The Hall–Kier alpha value is -10.4. The van der Waals surface area contributed by atoms with E-state index in [1.54, 1.807) is 6.08 Å². The van der Waals surface area contributed by atoms with Gasteiger partial charge in [0.1, 0.15) is 0 Å². The van der Waals surface area contributed by atoms with Gasteiger partial charge in [0.2, 0.25) is 11.9 Å². The molecule has 13 aromatic rings. The van der Waals surface area contributed by atoms with E-state index in [9.17, 15) is 0 Å². The van der Waals surface area contributed by atoms with E-state index in [1.807, 2.05) is 72.8 Å². The Morgan fingerprint density at radius 1 is 0.506 bits per heavy atom. The number of nitrogens with zero attached hydrogens (tertiary/aromatic N) is 8. The van der Waals surface area contributed by atoms with Crippen LogP contribution in [0.5, 0.6) is 0 Å². The second-order valence-electron chi connectivity index (χ2n) is 19.6. The SMILES string of the molecule is C=C/C=C(\N=C(/N)n1c2ccccc2c2ccc3c4ccc5c(c4n(-c4ccccc4)c3c21)N(c1ccccc1)C1c2c(c3ccccc3n2-c2nc(-c3ccccc3)nc(-c3ccccc3)n2)C=CC51)c1ccccc1. The average molecular weight is 990 g/mol. The van der Waals surface area contributed by atoms with Crippen LogP contribution in [0.15, 0.2) is 254 Å². The van der Waals surface area contributed by atoms with E-state index in [2.05, 4.69) is 195 Å². The molecule has 0 spiro atoms. The number of rotatable bonds is 8. The molecule has 2 aliphatic rings. The fourth-order valence-corrected chi connectivity index (χ4v) is 12.2. The molecule has 0 bridgehead atoms. The molecule has 0 radical (unpaired) electrons. The van der Waals surface area contributed by atoms with E-state index in [-0.39, 0.29) is 12.0 Å². The first-order valence-corrected chi connectivity index (χ1v) is 26.0. The first-order chi connectivity index (χ1) is 38.1. The van der Waals surface area contributed by atoms with Gasteiger partial charge >= 0.3 is 0 Å². The molecule has 2 unspecified atom stereocenters. The van der Waals surface area contributed by atoms with Gasteiger partial charge in [-0.25, -0.2) is 9.98 Å². The quantitative estimate of drug-likeness (QED) is 0.0930. The number of hydrogen-bond acceptors (Lipinski definition) is 5. The lowest BCUT2D eigenvalue weighted by molar-refractivity contribution is 0.630. The molecule has 0 fully saturated rings. The van der Waals surface area contributed by atoms with Crippen LogP contribution in [0.3, 0.4) is 0 Å². The minimum Gasteiger partial charge on any atom is -0.369 e. The van der Waals surface area contributed by atoms with Crippen molar-refractivity contribution in [2.45, 2.75) is 12.0 Å². The lowest BCUT2D eigenvalue weighted by atomic mass is 9.85. The number of aliphatic imine (C=N–C) groups is 1. The summed E-state index contributed by atoms with van der Waals surface area (Å²) in [6.45, 7) is 4.05. The molecule has 4 aromatic heterocycles. The molecule has 9 heteroatoms. The molecular formula is C68H47N9. The summed E-state index contributed by atoms with van der Waals surface area (Å²) in [6, 6.07) is 78.3. The normalized spacial score (nSPS) is 15.2. The maximum absolute atomic E-state index is 7.40. The lowest BCUT2D eigenvalue weighted by Gasteiger charge is -2.33. The molecule has 15 rings (SSSR count). The fraction of sp³-hybridized carbons (Fsp3) is 0.0294. The van der Waals surface area contributed by atoms with Gasteiger partial charge in [-0.3, -0.25) is 9.13 Å². The van der Waals surface area contributed by atoms with Crippen LogP contribution in [-0.2, 0) is 0 Å². The molecular weight excluding hydrogens is 943 g/mol. The summed E-state index contributed by atoms with van der Waals surface area (Å²) in [5.41, 5.74) is 22.6. The minimum absolute atomic E-state index is 0.0706. The van der Waals surface area contributed by atoms with E-state index in [0.29, 0.717) is 29.3 Å². The topological polar surface area (TPSA) is 95.1 Å². The summed E-state index contributed by atoms with van der Waals surface area (Å²) in [5, 5.41) is 5.50. The highest BCUT2D eigenvalue weighted by molar-refractivity contribution is 6.27. The number of nitrogens with two attached hydrogens (primary N) is 1. The van der Waals surface area contributed by atoms with Crippen LogP contribution in [0.1, 0.15) is 34.3 Å². The van der Waals surface area contributed by atoms with E-state index >= 15 is 0 Å². The summed E-state index contributed by atoms with van der Waals surface area (Å²) < 4.78 is 6.94. The summed E-state index contributed by atoms with van der Waals surface area (Å²) in [7, 11) is 0. The molecule has 0 saturated carbocycles. The molecule has 9 nitrogen and oxygen atoms in total.